The second-order valence-electron chi connectivity index (χ2n) is 10.0. The summed E-state index contributed by atoms with van der Waals surface area (Å²) in [6.07, 6.45) is -3.63. The van der Waals surface area contributed by atoms with Gasteiger partial charge in [0.1, 0.15) is 35.9 Å². The Kier molecular flexibility index (Phi) is 8.86. The van der Waals surface area contributed by atoms with Crippen molar-refractivity contribution in [2.24, 2.45) is 5.92 Å². The molecular weight excluding hydrogens is 609 g/mol. The summed E-state index contributed by atoms with van der Waals surface area (Å²) >= 11 is 0. The van der Waals surface area contributed by atoms with E-state index in [1.807, 2.05) is 0 Å². The van der Waals surface area contributed by atoms with Crippen LogP contribution in [0.25, 0.3) is 22.2 Å². The average Bonchev–Trinajstić information content (AvgIpc) is 3.42. The molecule has 0 saturated heterocycles. The first-order chi connectivity index (χ1) is 20.9. The molecule has 2 N–H and O–H groups in total. The highest BCUT2D eigenvalue weighted by Crippen LogP contribution is 2.35. The third kappa shape index (κ3) is 6.51. The van der Waals surface area contributed by atoms with Crippen molar-refractivity contribution in [3.05, 3.63) is 90.0 Å². The molecule has 0 amide bonds. The van der Waals surface area contributed by atoms with E-state index in [-0.39, 0.29) is 5.56 Å². The Morgan fingerprint density at radius 1 is 1.07 bits per heavy atom. The Balaban J connectivity index is 1.37. The third-order valence-electron chi connectivity index (χ3n) is 7.19. The van der Waals surface area contributed by atoms with Crippen molar-refractivity contribution < 1.29 is 44.6 Å². The fourth-order valence-electron chi connectivity index (χ4n) is 4.87. The summed E-state index contributed by atoms with van der Waals surface area (Å²) in [7, 11) is -2.94. The number of nitrogens with one attached hydrogen (secondary N) is 2. The number of pyridine rings is 1. The number of alkyl halides is 4. The molecule has 0 spiro atoms. The fraction of sp³-hybridized carbons (Fsp3) is 0.267. The molecule has 1 aliphatic carbocycles. The fourth-order valence-corrected chi connectivity index (χ4v) is 6.13. The molecule has 3 atom stereocenters. The van der Waals surface area contributed by atoms with Crippen molar-refractivity contribution in [2.75, 3.05) is 20.3 Å². The normalized spacial score (nSPS) is 19.1. The molecule has 44 heavy (non-hydrogen) atoms. The minimum Gasteiger partial charge on any atom is -0.491 e. The first-order valence-electron chi connectivity index (χ1n) is 13.3. The number of ketones is 1. The van der Waals surface area contributed by atoms with Crippen molar-refractivity contribution in [3.63, 3.8) is 0 Å². The zero-order valence-electron chi connectivity index (χ0n) is 23.1. The number of aromatic amines is 1. The molecule has 3 unspecified atom stereocenters. The third-order valence-corrected chi connectivity index (χ3v) is 8.69. The molecule has 8 nitrogen and oxygen atoms in total. The zero-order valence-corrected chi connectivity index (χ0v) is 23.9. The zero-order chi connectivity index (χ0) is 31.6. The first-order valence-corrected chi connectivity index (χ1v) is 14.8. The summed E-state index contributed by atoms with van der Waals surface area (Å²) in [5.41, 5.74) is 0.549. The number of halogens is 5. The molecule has 5 rings (SSSR count). The quantitative estimate of drug-likeness (QED) is 0.125. The van der Waals surface area contributed by atoms with Crippen LogP contribution in [0, 0.1) is 5.92 Å². The Bertz CT molecular complexity index is 1790. The maximum absolute atomic E-state index is 15.7. The van der Waals surface area contributed by atoms with E-state index in [1.54, 1.807) is 43.6 Å². The molecule has 14 heteroatoms. The summed E-state index contributed by atoms with van der Waals surface area (Å²) in [6, 6.07) is 9.80. The highest BCUT2D eigenvalue weighted by Gasteiger charge is 2.43. The molecule has 0 bridgehead atoms. The maximum atomic E-state index is 15.7. The number of methoxy groups -OCH3 is 1. The second-order valence-corrected chi connectivity index (χ2v) is 11.8. The minimum absolute atomic E-state index is 0.0451. The van der Waals surface area contributed by atoms with E-state index in [1.165, 1.54) is 6.20 Å². The van der Waals surface area contributed by atoms with Gasteiger partial charge in [0.15, 0.2) is 5.78 Å². The predicted octanol–water partition coefficient (Wildman–Crippen LogP) is 6.02. The molecule has 2 aromatic carbocycles. The summed E-state index contributed by atoms with van der Waals surface area (Å²) in [5, 5.41) is 0.306. The van der Waals surface area contributed by atoms with Gasteiger partial charge in [0.2, 0.25) is 10.0 Å². The smallest absolute Gasteiger partial charge is 0.416 e. The van der Waals surface area contributed by atoms with Gasteiger partial charge in [-0.15, -0.1) is 0 Å². The van der Waals surface area contributed by atoms with Crippen LogP contribution in [-0.2, 0) is 20.9 Å². The Hall–Kier alpha value is -4.14. The van der Waals surface area contributed by atoms with Crippen LogP contribution in [0.4, 0.5) is 22.0 Å². The van der Waals surface area contributed by atoms with E-state index >= 15 is 4.39 Å². The van der Waals surface area contributed by atoms with E-state index in [0.717, 1.165) is 23.8 Å². The van der Waals surface area contributed by atoms with Gasteiger partial charge < -0.3 is 14.5 Å². The number of nitrogens with zero attached hydrogens (tertiary/aromatic N) is 1. The molecule has 4 aromatic rings. The van der Waals surface area contributed by atoms with E-state index in [2.05, 4.69) is 14.7 Å². The lowest BCUT2D eigenvalue weighted by molar-refractivity contribution is -0.137. The van der Waals surface area contributed by atoms with Gasteiger partial charge in [0, 0.05) is 36.0 Å². The van der Waals surface area contributed by atoms with Gasteiger partial charge >= 0.3 is 6.18 Å². The van der Waals surface area contributed by atoms with Gasteiger partial charge in [-0.1, -0.05) is 18.2 Å². The topological polar surface area (TPSA) is 110 Å². The van der Waals surface area contributed by atoms with Crippen LogP contribution in [0.1, 0.15) is 22.3 Å². The number of sulfonamides is 1. The number of benzene rings is 2. The minimum atomic E-state index is -4.68. The lowest BCUT2D eigenvalue weighted by atomic mass is 9.83. The summed E-state index contributed by atoms with van der Waals surface area (Å²) in [6.45, 7) is 0.798. The molecular formula is C30H26F5N3O5S. The number of ether oxygens (including phenoxy) is 2. The molecule has 2 aromatic heterocycles. The summed E-state index contributed by atoms with van der Waals surface area (Å²) in [4.78, 5) is 20.2. The molecule has 232 valence electrons. The van der Waals surface area contributed by atoms with E-state index in [0.29, 0.717) is 47.7 Å². The van der Waals surface area contributed by atoms with Gasteiger partial charge in [-0.3, -0.25) is 4.79 Å². The molecule has 0 fully saturated rings. The van der Waals surface area contributed by atoms with Crippen LogP contribution < -0.4 is 9.46 Å². The Morgan fingerprint density at radius 2 is 1.77 bits per heavy atom. The Morgan fingerprint density at radius 3 is 2.43 bits per heavy atom. The number of carbonyl (C=O) groups excluding carboxylic acids is 1. The largest absolute Gasteiger partial charge is 0.491 e. The molecule has 2 heterocycles. The average molecular weight is 636 g/mol. The van der Waals surface area contributed by atoms with E-state index in [9.17, 15) is 30.8 Å². The van der Waals surface area contributed by atoms with Crippen molar-refractivity contribution in [1.82, 2.24) is 14.7 Å². The van der Waals surface area contributed by atoms with Crippen LogP contribution in [-0.4, -0.2) is 56.7 Å². The van der Waals surface area contributed by atoms with Crippen LogP contribution >= 0.6 is 0 Å². The first kappa shape index (κ1) is 31.3. The van der Waals surface area contributed by atoms with Crippen LogP contribution in [0.3, 0.4) is 0 Å². The van der Waals surface area contributed by atoms with Crippen molar-refractivity contribution >= 4 is 26.8 Å². The molecule has 0 saturated carbocycles. The van der Waals surface area contributed by atoms with E-state index in [4.69, 9.17) is 9.47 Å². The highest BCUT2D eigenvalue weighted by molar-refractivity contribution is 7.89. The van der Waals surface area contributed by atoms with E-state index < -0.39 is 62.8 Å². The van der Waals surface area contributed by atoms with Crippen LogP contribution in [0.5, 0.6) is 5.75 Å². The van der Waals surface area contributed by atoms with Gasteiger partial charge in [-0.2, -0.15) is 13.2 Å². The van der Waals surface area contributed by atoms with Gasteiger partial charge in [0.25, 0.3) is 0 Å². The highest BCUT2D eigenvalue weighted by atomic mass is 32.2. The van der Waals surface area contributed by atoms with Crippen LogP contribution in [0.15, 0.2) is 83.8 Å². The number of fused-ring (bicyclic) bond motifs is 1. The number of hydrogen-bond acceptors (Lipinski definition) is 6. The van der Waals surface area contributed by atoms with Crippen molar-refractivity contribution in [1.29, 1.82) is 0 Å². The lowest BCUT2D eigenvalue weighted by Crippen LogP contribution is -2.48. The number of aromatic nitrogens is 2. The summed E-state index contributed by atoms with van der Waals surface area (Å²) in [5.74, 6) is -3.34. The van der Waals surface area contributed by atoms with Gasteiger partial charge in [0.05, 0.1) is 23.1 Å². The maximum Gasteiger partial charge on any atom is 0.416 e. The predicted molar refractivity (Wildman–Crippen MR) is 151 cm³/mol. The number of rotatable bonds is 10. The molecule has 0 aliphatic heterocycles. The number of allylic oxidation sites excluding steroid dienone is 1. The molecule has 1 aliphatic rings. The van der Waals surface area contributed by atoms with Gasteiger partial charge in [-0.25, -0.2) is 26.9 Å². The van der Waals surface area contributed by atoms with Crippen molar-refractivity contribution in [3.8, 4) is 16.9 Å². The second kappa shape index (κ2) is 12.5. The number of carbonyl (C=O) groups is 1. The number of hydrogen-bond donors (Lipinski definition) is 2. The molecule has 0 radical (unpaired) electrons. The lowest BCUT2D eigenvalue weighted by Gasteiger charge is -2.30. The SMILES string of the molecule is COCCOc1ccc(-c2cnc3[nH]cc(C(=O)C4C(F)=CCC(NS(=O)(=O)c5ccc(C(F)(F)F)cc5)C4F)c3c2)cc1. The van der Waals surface area contributed by atoms with Crippen molar-refractivity contribution in [2.45, 2.75) is 29.7 Å². The standard InChI is InChI=1S/C30H26F5N3O5S/c1-42-12-13-43-20-6-2-17(3-7-20)18-14-22-23(16-37-29(22)36-15-18)28(39)26-24(31)10-11-25(27(26)32)38-44(40,41)21-8-4-19(5-9-21)30(33,34)35/h2-10,14-16,25-27,38H,11-13H2,1H3,(H,36,37). The van der Waals surface area contributed by atoms with Gasteiger partial charge in [-0.05, 0) is 54.4 Å². The number of Topliss-reactive ketones (excluding diaryl/α,β-unsaturated/α-hetero) is 1. The monoisotopic (exact) mass is 635 g/mol. The Labute approximate surface area is 249 Å². The summed E-state index contributed by atoms with van der Waals surface area (Å²) < 4.78 is 108. The number of H-pyrrole nitrogens is 1. The van der Waals surface area contributed by atoms with Crippen LogP contribution in [0.2, 0.25) is 0 Å².